The molecule has 2 heterocycles. The van der Waals surface area contributed by atoms with Gasteiger partial charge in [-0.2, -0.15) is 0 Å². The summed E-state index contributed by atoms with van der Waals surface area (Å²) in [5, 5.41) is 2.99. The van der Waals surface area contributed by atoms with Crippen LogP contribution in [-0.4, -0.2) is 49.0 Å². The Morgan fingerprint density at radius 2 is 1.86 bits per heavy atom. The molecule has 0 spiro atoms. The summed E-state index contributed by atoms with van der Waals surface area (Å²) in [5.74, 6) is 0.675. The topological polar surface area (TPSA) is 61.6 Å². The van der Waals surface area contributed by atoms with Gasteiger partial charge in [-0.25, -0.2) is 4.98 Å². The first-order valence-electron chi connectivity index (χ1n) is 9.76. The van der Waals surface area contributed by atoms with Crippen molar-refractivity contribution >= 4 is 28.4 Å². The summed E-state index contributed by atoms with van der Waals surface area (Å²) in [4.78, 5) is 21.4. The van der Waals surface area contributed by atoms with E-state index in [1.165, 1.54) is 5.69 Å². The number of aromatic nitrogens is 1. The average Bonchev–Trinajstić information content (AvgIpc) is 3.07. The molecule has 0 bridgehead atoms. The van der Waals surface area contributed by atoms with E-state index in [0.29, 0.717) is 18.7 Å². The van der Waals surface area contributed by atoms with E-state index in [0.717, 1.165) is 48.5 Å². The summed E-state index contributed by atoms with van der Waals surface area (Å²) in [5.41, 5.74) is 4.76. The Morgan fingerprint density at radius 3 is 2.61 bits per heavy atom. The van der Waals surface area contributed by atoms with Crippen molar-refractivity contribution in [2.24, 2.45) is 0 Å². The van der Waals surface area contributed by atoms with Crippen LogP contribution in [-0.2, 0) is 11.2 Å². The number of amides is 1. The van der Waals surface area contributed by atoms with E-state index in [4.69, 9.17) is 4.42 Å². The molecule has 1 aromatic heterocycles. The maximum Gasteiger partial charge on any atom is 0.224 e. The fourth-order valence-electron chi connectivity index (χ4n) is 3.55. The third kappa shape index (κ3) is 4.34. The number of likely N-dealkylation sites (N-methyl/N-ethyl adjacent to an activating group) is 1. The van der Waals surface area contributed by atoms with Gasteiger partial charge in [-0.15, -0.1) is 0 Å². The molecule has 0 atom stereocenters. The van der Waals surface area contributed by atoms with E-state index in [2.05, 4.69) is 39.3 Å². The molecule has 1 aliphatic heterocycles. The molecule has 1 amide bonds. The van der Waals surface area contributed by atoms with Crippen LogP contribution in [0.25, 0.3) is 11.1 Å². The van der Waals surface area contributed by atoms with Crippen LogP contribution in [0.15, 0.2) is 46.9 Å². The zero-order valence-electron chi connectivity index (χ0n) is 16.4. The van der Waals surface area contributed by atoms with Crippen molar-refractivity contribution in [2.45, 2.75) is 19.8 Å². The van der Waals surface area contributed by atoms with Crippen LogP contribution in [0.1, 0.15) is 17.9 Å². The lowest BCUT2D eigenvalue weighted by Gasteiger charge is -2.34. The minimum absolute atomic E-state index is 0.0174. The number of piperazine rings is 1. The van der Waals surface area contributed by atoms with E-state index < -0.39 is 0 Å². The van der Waals surface area contributed by atoms with E-state index in [1.54, 1.807) is 0 Å². The molecule has 0 aliphatic carbocycles. The largest absolute Gasteiger partial charge is 0.441 e. The molecule has 1 aliphatic rings. The number of oxazole rings is 1. The highest BCUT2D eigenvalue weighted by Gasteiger charge is 2.14. The second kappa shape index (κ2) is 8.02. The Kier molecular flexibility index (Phi) is 5.30. The quantitative estimate of drug-likeness (QED) is 0.737. The number of carbonyl (C=O) groups is 1. The van der Waals surface area contributed by atoms with E-state index >= 15 is 0 Å². The van der Waals surface area contributed by atoms with Crippen molar-refractivity contribution in [1.29, 1.82) is 0 Å². The minimum atomic E-state index is 0.0174. The maximum absolute atomic E-state index is 12.3. The predicted octanol–water partition coefficient (Wildman–Crippen LogP) is 3.46. The number of nitrogens with one attached hydrogen (secondary N) is 1. The van der Waals surface area contributed by atoms with Crippen LogP contribution in [0, 0.1) is 6.92 Å². The number of nitrogens with zero attached hydrogens (tertiary/aromatic N) is 3. The number of benzene rings is 2. The van der Waals surface area contributed by atoms with Crippen molar-refractivity contribution < 1.29 is 9.21 Å². The molecular weight excluding hydrogens is 352 g/mol. The molecule has 146 valence electrons. The number of carbonyl (C=O) groups excluding carboxylic acids is 1. The molecule has 0 saturated carbocycles. The Labute approximate surface area is 165 Å². The molecule has 3 aromatic rings. The number of hydrogen-bond acceptors (Lipinski definition) is 5. The van der Waals surface area contributed by atoms with Gasteiger partial charge in [0.1, 0.15) is 5.52 Å². The number of anilines is 2. The van der Waals surface area contributed by atoms with Crippen LogP contribution in [0.3, 0.4) is 0 Å². The average molecular weight is 378 g/mol. The van der Waals surface area contributed by atoms with Gasteiger partial charge in [-0.3, -0.25) is 4.79 Å². The van der Waals surface area contributed by atoms with Crippen molar-refractivity contribution in [2.75, 3.05) is 43.4 Å². The van der Waals surface area contributed by atoms with Gasteiger partial charge in [0, 0.05) is 50.9 Å². The lowest BCUT2D eigenvalue weighted by Crippen LogP contribution is -2.44. The SMILES string of the molecule is Cc1nc2cc(CCC(=O)Nc3ccc(N4CCN(C)CC4)cc3)ccc2o1. The van der Waals surface area contributed by atoms with Gasteiger partial charge in [0.05, 0.1) is 0 Å². The van der Waals surface area contributed by atoms with E-state index in [1.807, 2.05) is 37.3 Å². The molecule has 1 N–H and O–H groups in total. The third-order valence-electron chi connectivity index (χ3n) is 5.22. The number of fused-ring (bicyclic) bond motifs is 1. The summed E-state index contributed by atoms with van der Waals surface area (Å²) >= 11 is 0. The van der Waals surface area contributed by atoms with Gasteiger partial charge in [-0.1, -0.05) is 6.07 Å². The van der Waals surface area contributed by atoms with E-state index in [9.17, 15) is 4.79 Å². The minimum Gasteiger partial charge on any atom is -0.441 e. The predicted molar refractivity (Wildman–Crippen MR) is 112 cm³/mol. The van der Waals surface area contributed by atoms with E-state index in [-0.39, 0.29) is 5.91 Å². The number of aryl methyl sites for hydroxylation is 2. The Morgan fingerprint density at radius 1 is 1.11 bits per heavy atom. The van der Waals surface area contributed by atoms with Gasteiger partial charge >= 0.3 is 0 Å². The molecule has 6 nitrogen and oxygen atoms in total. The van der Waals surface area contributed by atoms with Crippen LogP contribution in [0.5, 0.6) is 0 Å². The van der Waals surface area contributed by atoms with Crippen molar-refractivity contribution in [1.82, 2.24) is 9.88 Å². The molecular formula is C22H26N4O2. The van der Waals surface area contributed by atoms with Gasteiger partial charge in [0.25, 0.3) is 0 Å². The molecule has 1 saturated heterocycles. The second-order valence-corrected chi connectivity index (χ2v) is 7.42. The second-order valence-electron chi connectivity index (χ2n) is 7.42. The lowest BCUT2D eigenvalue weighted by atomic mass is 10.1. The molecule has 4 rings (SSSR count). The first kappa shape index (κ1) is 18.5. The van der Waals surface area contributed by atoms with Crippen LogP contribution < -0.4 is 10.2 Å². The first-order valence-corrected chi connectivity index (χ1v) is 9.76. The van der Waals surface area contributed by atoms with Gasteiger partial charge < -0.3 is 19.5 Å². The Balaban J connectivity index is 1.30. The summed E-state index contributed by atoms with van der Waals surface area (Å²) in [7, 11) is 2.15. The fraction of sp³-hybridized carbons (Fsp3) is 0.364. The molecule has 1 fully saturated rings. The summed E-state index contributed by atoms with van der Waals surface area (Å²) in [6.07, 6.45) is 1.11. The van der Waals surface area contributed by atoms with Crippen LogP contribution >= 0.6 is 0 Å². The smallest absolute Gasteiger partial charge is 0.224 e. The molecule has 6 heteroatoms. The van der Waals surface area contributed by atoms with Crippen LogP contribution in [0.4, 0.5) is 11.4 Å². The fourth-order valence-corrected chi connectivity index (χ4v) is 3.55. The molecule has 28 heavy (non-hydrogen) atoms. The van der Waals surface area contributed by atoms with Crippen molar-refractivity contribution in [3.63, 3.8) is 0 Å². The van der Waals surface area contributed by atoms with Gasteiger partial charge in [-0.05, 0) is 55.4 Å². The van der Waals surface area contributed by atoms with Crippen LogP contribution in [0.2, 0.25) is 0 Å². The highest BCUT2D eigenvalue weighted by molar-refractivity contribution is 5.91. The zero-order valence-corrected chi connectivity index (χ0v) is 16.4. The normalized spacial score (nSPS) is 15.1. The summed E-state index contributed by atoms with van der Waals surface area (Å²) < 4.78 is 5.49. The molecule has 2 aromatic carbocycles. The van der Waals surface area contributed by atoms with Crippen molar-refractivity contribution in [3.05, 3.63) is 53.9 Å². The maximum atomic E-state index is 12.3. The number of rotatable bonds is 5. The Bertz CT molecular complexity index is 956. The Hall–Kier alpha value is -2.86. The summed E-state index contributed by atoms with van der Waals surface area (Å²) in [6, 6.07) is 14.0. The highest BCUT2D eigenvalue weighted by Crippen LogP contribution is 2.20. The van der Waals surface area contributed by atoms with Gasteiger partial charge in [0.2, 0.25) is 5.91 Å². The standard InChI is InChI=1S/C22H26N4O2/c1-16-23-20-15-17(3-9-21(20)28-16)4-10-22(27)24-18-5-7-19(8-6-18)26-13-11-25(2)12-14-26/h3,5-9,15H,4,10-14H2,1-2H3,(H,24,27). The van der Waals surface area contributed by atoms with Crippen molar-refractivity contribution in [3.8, 4) is 0 Å². The van der Waals surface area contributed by atoms with Gasteiger partial charge in [0.15, 0.2) is 11.5 Å². The third-order valence-corrected chi connectivity index (χ3v) is 5.22. The first-order chi connectivity index (χ1) is 13.6. The monoisotopic (exact) mass is 378 g/mol. The molecule has 0 radical (unpaired) electrons. The zero-order chi connectivity index (χ0) is 19.5. The number of hydrogen-bond donors (Lipinski definition) is 1. The molecule has 0 unspecified atom stereocenters. The summed E-state index contributed by atoms with van der Waals surface area (Å²) in [6.45, 7) is 6.08. The highest BCUT2D eigenvalue weighted by atomic mass is 16.3. The lowest BCUT2D eigenvalue weighted by molar-refractivity contribution is -0.116.